The first-order valence-corrected chi connectivity index (χ1v) is 11.3. The van der Waals surface area contributed by atoms with Crippen molar-refractivity contribution in [3.8, 4) is 0 Å². The SMILES string of the molecule is Br.CC(C)C[O][Sn]([CH3])[c]1ccccc1C(C)N. The van der Waals surface area contributed by atoms with Crippen LogP contribution in [0.3, 0.4) is 0 Å². The predicted molar refractivity (Wildman–Crippen MR) is 81.4 cm³/mol. The molecule has 0 aromatic heterocycles. The van der Waals surface area contributed by atoms with Crippen molar-refractivity contribution in [2.45, 2.75) is 31.8 Å². The Bertz CT molecular complexity index is 331. The van der Waals surface area contributed by atoms with Gasteiger partial charge in [0.2, 0.25) is 0 Å². The molecule has 2 N–H and O–H groups in total. The number of halogens is 1. The van der Waals surface area contributed by atoms with E-state index < -0.39 is 20.2 Å². The summed E-state index contributed by atoms with van der Waals surface area (Å²) in [6, 6.07) is 8.57. The molecule has 1 aromatic rings. The Morgan fingerprint density at radius 2 is 1.82 bits per heavy atom. The van der Waals surface area contributed by atoms with Gasteiger partial charge in [-0.2, -0.15) is 0 Å². The van der Waals surface area contributed by atoms with Crippen LogP contribution >= 0.6 is 17.0 Å². The van der Waals surface area contributed by atoms with Gasteiger partial charge in [0, 0.05) is 0 Å². The van der Waals surface area contributed by atoms with Crippen LogP contribution in [0.5, 0.6) is 0 Å². The standard InChI is InChI=1S/C8H10N.C4H9O.CH3.BrH.Sn/c1-7(9)8-5-3-2-4-6-8;1-4(2)3-5;;;/h2-5,7H,9H2,1H3;4H,3H2,1-2H3;1H3;1H;/q;-1;;;+1. The molecule has 4 heteroatoms. The first-order valence-electron chi connectivity index (χ1n) is 5.83. The molecule has 0 fully saturated rings. The van der Waals surface area contributed by atoms with Crippen LogP contribution in [0.15, 0.2) is 24.3 Å². The Balaban J connectivity index is 0.00000256. The Labute approximate surface area is 123 Å². The molecule has 0 aliphatic carbocycles. The molecule has 1 aromatic carbocycles. The van der Waals surface area contributed by atoms with E-state index in [-0.39, 0.29) is 23.0 Å². The van der Waals surface area contributed by atoms with Crippen LogP contribution in [-0.4, -0.2) is 26.8 Å². The molecule has 1 radical (unpaired) electrons. The fourth-order valence-electron chi connectivity index (χ4n) is 1.58. The molecular formula is C13H23BrNOSn. The normalized spacial score (nSPS) is 12.6. The third kappa shape index (κ3) is 5.72. The maximum absolute atomic E-state index is 6.02. The van der Waals surface area contributed by atoms with Crippen molar-refractivity contribution in [1.29, 1.82) is 0 Å². The van der Waals surface area contributed by atoms with Gasteiger partial charge in [-0.05, 0) is 0 Å². The fraction of sp³-hybridized carbons (Fsp3) is 0.538. The molecule has 0 saturated carbocycles. The van der Waals surface area contributed by atoms with Crippen LogP contribution in [0, 0.1) is 5.92 Å². The molecule has 0 bridgehead atoms. The summed E-state index contributed by atoms with van der Waals surface area (Å²) in [7, 11) is 0. The second-order valence-corrected chi connectivity index (χ2v) is 10.2. The molecule has 97 valence electrons. The average molecular weight is 408 g/mol. The zero-order valence-electron chi connectivity index (χ0n) is 11.1. The van der Waals surface area contributed by atoms with Gasteiger partial charge in [0.1, 0.15) is 0 Å². The van der Waals surface area contributed by atoms with Crippen molar-refractivity contribution in [3.63, 3.8) is 0 Å². The van der Waals surface area contributed by atoms with Crippen molar-refractivity contribution in [2.75, 3.05) is 6.61 Å². The second kappa shape index (κ2) is 8.51. The minimum atomic E-state index is -1.88. The number of rotatable bonds is 5. The average Bonchev–Trinajstić information content (AvgIpc) is 2.25. The van der Waals surface area contributed by atoms with Gasteiger partial charge in [-0.25, -0.2) is 0 Å². The molecule has 0 heterocycles. The van der Waals surface area contributed by atoms with Gasteiger partial charge in [0.25, 0.3) is 0 Å². The van der Waals surface area contributed by atoms with Crippen LogP contribution in [0.1, 0.15) is 32.4 Å². The van der Waals surface area contributed by atoms with Gasteiger partial charge in [0.05, 0.1) is 0 Å². The summed E-state index contributed by atoms with van der Waals surface area (Å²) < 4.78 is 7.42. The molecular weight excluding hydrogens is 385 g/mol. The summed E-state index contributed by atoms with van der Waals surface area (Å²) in [5.74, 6) is 0.609. The summed E-state index contributed by atoms with van der Waals surface area (Å²) in [5, 5.41) is 0. The van der Waals surface area contributed by atoms with Gasteiger partial charge in [-0.3, -0.25) is 0 Å². The summed E-state index contributed by atoms with van der Waals surface area (Å²) in [4.78, 5) is 2.28. The molecule has 0 amide bonds. The number of hydrogen-bond donors (Lipinski definition) is 1. The summed E-state index contributed by atoms with van der Waals surface area (Å²) >= 11 is -1.88. The quantitative estimate of drug-likeness (QED) is 0.762. The van der Waals surface area contributed by atoms with E-state index in [0.29, 0.717) is 5.92 Å². The van der Waals surface area contributed by atoms with Gasteiger partial charge in [0.15, 0.2) is 0 Å². The molecule has 0 spiro atoms. The third-order valence-electron chi connectivity index (χ3n) is 2.46. The van der Waals surface area contributed by atoms with E-state index in [1.165, 1.54) is 9.14 Å². The van der Waals surface area contributed by atoms with Crippen molar-refractivity contribution in [3.05, 3.63) is 29.8 Å². The van der Waals surface area contributed by atoms with E-state index in [0.717, 1.165) is 6.61 Å². The van der Waals surface area contributed by atoms with E-state index in [2.05, 4.69) is 43.1 Å². The number of benzene rings is 1. The van der Waals surface area contributed by atoms with E-state index >= 15 is 0 Å². The van der Waals surface area contributed by atoms with E-state index in [1.807, 2.05) is 6.92 Å². The summed E-state index contributed by atoms with van der Waals surface area (Å²) in [6.07, 6.45) is 0. The monoisotopic (exact) mass is 408 g/mol. The topological polar surface area (TPSA) is 35.2 Å². The van der Waals surface area contributed by atoms with Crippen molar-refractivity contribution >= 4 is 40.7 Å². The molecule has 17 heavy (non-hydrogen) atoms. The minimum absolute atomic E-state index is 0. The zero-order valence-corrected chi connectivity index (χ0v) is 15.6. The second-order valence-electron chi connectivity index (χ2n) is 4.64. The van der Waals surface area contributed by atoms with Crippen LogP contribution in [0.2, 0.25) is 4.94 Å². The molecule has 1 atom stereocenters. The Morgan fingerprint density at radius 3 is 2.35 bits per heavy atom. The van der Waals surface area contributed by atoms with Crippen molar-refractivity contribution in [2.24, 2.45) is 11.7 Å². The molecule has 2 nitrogen and oxygen atoms in total. The van der Waals surface area contributed by atoms with Gasteiger partial charge >= 0.3 is 107 Å². The van der Waals surface area contributed by atoms with E-state index in [9.17, 15) is 0 Å². The molecule has 0 aliphatic rings. The number of nitrogens with two attached hydrogens (primary N) is 1. The third-order valence-corrected chi connectivity index (χ3v) is 7.64. The van der Waals surface area contributed by atoms with Gasteiger partial charge in [-0.1, -0.05) is 0 Å². The Morgan fingerprint density at radius 1 is 1.24 bits per heavy atom. The molecule has 1 unspecified atom stereocenters. The van der Waals surface area contributed by atoms with Crippen LogP contribution < -0.4 is 9.31 Å². The maximum atomic E-state index is 6.02. The Kier molecular flexibility index (Phi) is 8.72. The fourth-order valence-corrected chi connectivity index (χ4v) is 6.69. The van der Waals surface area contributed by atoms with E-state index in [1.54, 1.807) is 0 Å². The van der Waals surface area contributed by atoms with Crippen LogP contribution in [-0.2, 0) is 3.07 Å². The summed E-state index contributed by atoms with van der Waals surface area (Å²) in [5.41, 5.74) is 7.25. The number of hydrogen-bond acceptors (Lipinski definition) is 2. The first-order chi connectivity index (χ1) is 7.52. The molecule has 0 saturated heterocycles. The zero-order chi connectivity index (χ0) is 12.1. The Hall–Kier alpha value is 0.419. The first kappa shape index (κ1) is 17.4. The van der Waals surface area contributed by atoms with Crippen molar-refractivity contribution in [1.82, 2.24) is 0 Å². The molecule has 0 aliphatic heterocycles. The van der Waals surface area contributed by atoms with Crippen molar-refractivity contribution < 1.29 is 3.07 Å². The molecule has 1 rings (SSSR count). The predicted octanol–water partition coefficient (Wildman–Crippen LogP) is 2.79. The van der Waals surface area contributed by atoms with Crippen LogP contribution in [0.4, 0.5) is 0 Å². The van der Waals surface area contributed by atoms with Gasteiger partial charge in [-0.15, -0.1) is 17.0 Å². The summed E-state index contributed by atoms with van der Waals surface area (Å²) in [6.45, 7) is 7.29. The van der Waals surface area contributed by atoms with E-state index in [4.69, 9.17) is 8.81 Å². The van der Waals surface area contributed by atoms with Gasteiger partial charge < -0.3 is 0 Å². The van der Waals surface area contributed by atoms with Crippen LogP contribution in [0.25, 0.3) is 0 Å².